The normalized spacial score (nSPS) is 11.5. The first-order valence-corrected chi connectivity index (χ1v) is 6.93. The quantitative estimate of drug-likeness (QED) is 0.759. The molecule has 2 aromatic rings. The van der Waals surface area contributed by atoms with Gasteiger partial charge in [0.05, 0.1) is 11.1 Å². The molecule has 0 radical (unpaired) electrons. The van der Waals surface area contributed by atoms with Crippen LogP contribution in [0.4, 0.5) is 0 Å². The van der Waals surface area contributed by atoms with Crippen LogP contribution in [-0.2, 0) is 4.74 Å². The summed E-state index contributed by atoms with van der Waals surface area (Å²) in [6, 6.07) is 14.6. The van der Waals surface area contributed by atoms with Crippen LogP contribution in [0, 0.1) is 0 Å². The number of aliphatic hydroxyl groups excluding tert-OH is 1. The minimum absolute atomic E-state index is 0.0438. The zero-order valence-corrected chi connectivity index (χ0v) is 12.2. The highest BCUT2D eigenvalue weighted by Gasteiger charge is 2.18. The number of carbonyl (C=O) groups is 2. The van der Waals surface area contributed by atoms with E-state index in [1.165, 1.54) is 24.3 Å². The van der Waals surface area contributed by atoms with Crippen molar-refractivity contribution in [1.82, 2.24) is 0 Å². The summed E-state index contributed by atoms with van der Waals surface area (Å²) >= 11 is 0. The maximum Gasteiger partial charge on any atom is 0.339 e. The fraction of sp³-hybridized carbons (Fsp3) is 0.176. The Balaban J connectivity index is 1.85. The van der Waals surface area contributed by atoms with Crippen LogP contribution < -0.4 is 4.74 Å². The highest BCUT2D eigenvalue weighted by molar-refractivity contribution is 6.02. The van der Waals surface area contributed by atoms with Crippen molar-refractivity contribution < 1.29 is 29.3 Å². The van der Waals surface area contributed by atoms with Crippen LogP contribution >= 0.6 is 0 Å². The summed E-state index contributed by atoms with van der Waals surface area (Å²) in [6.07, 6.45) is -1.02. The highest BCUT2D eigenvalue weighted by atomic mass is 16.5. The first-order chi connectivity index (χ1) is 11.1. The van der Waals surface area contributed by atoms with E-state index in [9.17, 15) is 14.7 Å². The summed E-state index contributed by atoms with van der Waals surface area (Å²) in [5.74, 6) is -1.43. The van der Waals surface area contributed by atoms with Crippen LogP contribution in [0.1, 0.15) is 20.7 Å². The number of carboxylic acids is 1. The fourth-order valence-corrected chi connectivity index (χ4v) is 1.85. The van der Waals surface area contributed by atoms with Gasteiger partial charge in [0, 0.05) is 0 Å². The van der Waals surface area contributed by atoms with E-state index >= 15 is 0 Å². The number of hydrogen-bond donors (Lipinski definition) is 2. The minimum atomic E-state index is -1.22. The Bertz CT molecular complexity index is 668. The molecule has 0 aliphatic rings. The molecule has 0 heterocycles. The van der Waals surface area contributed by atoms with Crippen LogP contribution in [0.5, 0.6) is 5.75 Å². The summed E-state index contributed by atoms with van der Waals surface area (Å²) in [4.78, 5) is 23.0. The summed E-state index contributed by atoms with van der Waals surface area (Å²) in [7, 11) is 0. The van der Waals surface area contributed by atoms with E-state index in [0.717, 1.165) is 0 Å². The number of esters is 1. The molecular weight excluding hydrogens is 300 g/mol. The summed E-state index contributed by atoms with van der Waals surface area (Å²) in [5.41, 5.74) is -0.205. The Hall–Kier alpha value is -2.86. The van der Waals surface area contributed by atoms with E-state index in [-0.39, 0.29) is 24.3 Å². The van der Waals surface area contributed by atoms with Gasteiger partial charge in [0.1, 0.15) is 25.1 Å². The summed E-state index contributed by atoms with van der Waals surface area (Å²) in [5, 5.41) is 18.8. The molecule has 0 aliphatic heterocycles. The predicted molar refractivity (Wildman–Crippen MR) is 81.6 cm³/mol. The van der Waals surface area contributed by atoms with Gasteiger partial charge in [0.15, 0.2) is 0 Å². The third-order valence-electron chi connectivity index (χ3n) is 2.97. The third kappa shape index (κ3) is 4.82. The van der Waals surface area contributed by atoms with E-state index < -0.39 is 18.0 Å². The molecule has 0 saturated heterocycles. The van der Waals surface area contributed by atoms with Gasteiger partial charge in [0.25, 0.3) is 0 Å². The second kappa shape index (κ2) is 7.95. The lowest BCUT2D eigenvalue weighted by Crippen LogP contribution is -2.25. The number of carboxylic acid groups (broad SMARTS) is 1. The Morgan fingerprint density at radius 1 is 0.913 bits per heavy atom. The number of ether oxygens (including phenoxy) is 2. The van der Waals surface area contributed by atoms with Gasteiger partial charge in [0.2, 0.25) is 0 Å². The molecule has 2 aromatic carbocycles. The number of rotatable bonds is 7. The van der Waals surface area contributed by atoms with Gasteiger partial charge in [-0.15, -0.1) is 0 Å². The molecule has 0 fully saturated rings. The molecule has 0 aliphatic carbocycles. The highest BCUT2D eigenvalue weighted by Crippen LogP contribution is 2.11. The maximum absolute atomic E-state index is 11.9. The molecule has 0 bridgehead atoms. The number of aromatic carboxylic acids is 1. The van der Waals surface area contributed by atoms with Gasteiger partial charge in [-0.05, 0) is 24.3 Å². The molecule has 1 unspecified atom stereocenters. The maximum atomic E-state index is 11.9. The van der Waals surface area contributed by atoms with E-state index in [4.69, 9.17) is 14.6 Å². The van der Waals surface area contributed by atoms with Crippen molar-refractivity contribution in [3.63, 3.8) is 0 Å². The number of aliphatic hydroxyl groups is 1. The second-order valence-corrected chi connectivity index (χ2v) is 4.73. The van der Waals surface area contributed by atoms with Gasteiger partial charge in [-0.2, -0.15) is 0 Å². The van der Waals surface area contributed by atoms with Gasteiger partial charge < -0.3 is 19.7 Å². The fourth-order valence-electron chi connectivity index (χ4n) is 1.85. The van der Waals surface area contributed by atoms with Gasteiger partial charge in [-0.3, -0.25) is 0 Å². The van der Waals surface area contributed by atoms with E-state index in [1.807, 2.05) is 6.07 Å². The average molecular weight is 316 g/mol. The monoisotopic (exact) mass is 316 g/mol. The van der Waals surface area contributed by atoms with Crippen LogP contribution in [0.15, 0.2) is 54.6 Å². The lowest BCUT2D eigenvalue weighted by Gasteiger charge is -2.13. The topological polar surface area (TPSA) is 93.1 Å². The van der Waals surface area contributed by atoms with Crippen LogP contribution in [0.3, 0.4) is 0 Å². The average Bonchev–Trinajstić information content (AvgIpc) is 2.58. The zero-order valence-electron chi connectivity index (χ0n) is 12.2. The van der Waals surface area contributed by atoms with Crippen molar-refractivity contribution in [3.05, 3.63) is 65.7 Å². The van der Waals surface area contributed by atoms with Crippen molar-refractivity contribution in [2.45, 2.75) is 6.10 Å². The van der Waals surface area contributed by atoms with E-state index in [2.05, 4.69) is 0 Å². The molecule has 2 N–H and O–H groups in total. The predicted octanol–water partition coefficient (Wildman–Crippen LogP) is 1.98. The minimum Gasteiger partial charge on any atom is -0.491 e. The molecule has 6 nitrogen and oxygen atoms in total. The molecule has 0 amide bonds. The second-order valence-electron chi connectivity index (χ2n) is 4.73. The molecule has 1 atom stereocenters. The lowest BCUT2D eigenvalue weighted by molar-refractivity contribution is 0.0128. The Kier molecular flexibility index (Phi) is 5.71. The third-order valence-corrected chi connectivity index (χ3v) is 2.97. The number of para-hydroxylation sites is 1. The van der Waals surface area contributed by atoms with Crippen molar-refractivity contribution in [2.75, 3.05) is 13.2 Å². The van der Waals surface area contributed by atoms with Gasteiger partial charge in [-0.1, -0.05) is 30.3 Å². The van der Waals surface area contributed by atoms with E-state index in [1.54, 1.807) is 24.3 Å². The SMILES string of the molecule is O=C(O)c1ccccc1C(=O)OCC(O)COc1ccccc1. The molecule has 0 saturated carbocycles. The standard InChI is InChI=1S/C17H16O6/c18-12(10-22-13-6-2-1-3-7-13)11-23-17(21)15-9-5-4-8-14(15)16(19)20/h1-9,12,18H,10-11H2,(H,19,20). The Labute approximate surface area is 132 Å². The van der Waals surface area contributed by atoms with Crippen molar-refractivity contribution in [3.8, 4) is 5.75 Å². The van der Waals surface area contributed by atoms with Gasteiger partial charge in [-0.25, -0.2) is 9.59 Å². The molecule has 2 rings (SSSR count). The molecule has 0 aromatic heterocycles. The molecule has 120 valence electrons. The zero-order chi connectivity index (χ0) is 16.7. The van der Waals surface area contributed by atoms with Crippen LogP contribution in [0.25, 0.3) is 0 Å². The number of carbonyl (C=O) groups excluding carboxylic acids is 1. The summed E-state index contributed by atoms with van der Waals surface area (Å²) < 4.78 is 10.3. The van der Waals surface area contributed by atoms with E-state index in [0.29, 0.717) is 5.75 Å². The van der Waals surface area contributed by atoms with Crippen molar-refractivity contribution >= 4 is 11.9 Å². The first-order valence-electron chi connectivity index (χ1n) is 6.93. The van der Waals surface area contributed by atoms with Gasteiger partial charge >= 0.3 is 11.9 Å². The summed E-state index contributed by atoms with van der Waals surface area (Å²) in [6.45, 7) is -0.336. The van der Waals surface area contributed by atoms with Crippen molar-refractivity contribution in [2.24, 2.45) is 0 Å². The van der Waals surface area contributed by atoms with Crippen LogP contribution in [0.2, 0.25) is 0 Å². The smallest absolute Gasteiger partial charge is 0.339 e. The van der Waals surface area contributed by atoms with Crippen LogP contribution in [-0.4, -0.2) is 41.5 Å². The molecule has 0 spiro atoms. The number of benzene rings is 2. The Morgan fingerprint density at radius 3 is 2.17 bits per heavy atom. The first kappa shape index (κ1) is 16.5. The number of hydrogen-bond acceptors (Lipinski definition) is 5. The molecular formula is C17H16O6. The van der Waals surface area contributed by atoms with Crippen molar-refractivity contribution in [1.29, 1.82) is 0 Å². The molecule has 6 heteroatoms. The molecule has 23 heavy (non-hydrogen) atoms. The lowest BCUT2D eigenvalue weighted by atomic mass is 10.1. The Morgan fingerprint density at radius 2 is 1.52 bits per heavy atom. The largest absolute Gasteiger partial charge is 0.491 e.